The van der Waals surface area contributed by atoms with Crippen LogP contribution in [0.25, 0.3) is 0 Å². The average Bonchev–Trinajstić information content (AvgIpc) is 2.14. The van der Waals surface area contributed by atoms with Crippen LogP contribution in [0, 0.1) is 23.2 Å². The van der Waals surface area contributed by atoms with E-state index in [1.165, 1.54) is 0 Å². The Kier molecular flexibility index (Phi) is 3.28. The molecule has 0 aliphatic heterocycles. The van der Waals surface area contributed by atoms with E-state index in [-0.39, 0.29) is 6.61 Å². The standard InChI is InChI=1S/C10H7NO/c11-8-4-5-9-12-10-6-2-1-3-7-10/h1-3,6-7H,9H2. The molecule has 0 amide bonds. The Labute approximate surface area is 71.4 Å². The van der Waals surface area contributed by atoms with Gasteiger partial charge in [-0.1, -0.05) is 18.2 Å². The Morgan fingerprint density at radius 1 is 1.25 bits per heavy atom. The lowest BCUT2D eigenvalue weighted by Crippen LogP contribution is -1.92. The lowest BCUT2D eigenvalue weighted by atomic mass is 10.3. The highest BCUT2D eigenvalue weighted by molar-refractivity contribution is 5.22. The van der Waals surface area contributed by atoms with Gasteiger partial charge in [0, 0.05) is 5.92 Å². The van der Waals surface area contributed by atoms with E-state index in [1.807, 2.05) is 30.3 Å². The highest BCUT2D eigenvalue weighted by atomic mass is 16.5. The topological polar surface area (TPSA) is 33.0 Å². The first kappa shape index (κ1) is 8.17. The van der Waals surface area contributed by atoms with E-state index in [1.54, 1.807) is 6.07 Å². The van der Waals surface area contributed by atoms with Gasteiger partial charge in [-0.15, -0.1) is 0 Å². The van der Waals surface area contributed by atoms with Crippen LogP contribution in [0.5, 0.6) is 5.75 Å². The van der Waals surface area contributed by atoms with Crippen molar-refractivity contribution in [3.63, 3.8) is 0 Å². The van der Waals surface area contributed by atoms with Crippen LogP contribution in [0.3, 0.4) is 0 Å². The van der Waals surface area contributed by atoms with E-state index >= 15 is 0 Å². The third-order valence-corrected chi connectivity index (χ3v) is 1.20. The van der Waals surface area contributed by atoms with Gasteiger partial charge in [0.15, 0.2) is 6.07 Å². The van der Waals surface area contributed by atoms with E-state index in [0.29, 0.717) is 0 Å². The molecule has 0 aliphatic rings. The monoisotopic (exact) mass is 157 g/mol. The lowest BCUT2D eigenvalue weighted by Gasteiger charge is -1.98. The predicted molar refractivity (Wildman–Crippen MR) is 45.3 cm³/mol. The minimum atomic E-state index is 0.261. The fraction of sp³-hybridized carbons (Fsp3) is 0.100. The number of ether oxygens (including phenoxy) is 1. The van der Waals surface area contributed by atoms with Crippen molar-refractivity contribution in [1.29, 1.82) is 5.26 Å². The van der Waals surface area contributed by atoms with Crippen LogP contribution in [0.2, 0.25) is 0 Å². The Morgan fingerprint density at radius 2 is 2.00 bits per heavy atom. The second-order valence-corrected chi connectivity index (χ2v) is 2.02. The van der Waals surface area contributed by atoms with Gasteiger partial charge in [-0.2, -0.15) is 5.26 Å². The molecule has 12 heavy (non-hydrogen) atoms. The maximum Gasteiger partial charge on any atom is 0.152 e. The highest BCUT2D eigenvalue weighted by Gasteiger charge is 1.85. The van der Waals surface area contributed by atoms with Crippen LogP contribution in [0.1, 0.15) is 0 Å². The largest absolute Gasteiger partial charge is 0.481 e. The smallest absolute Gasteiger partial charge is 0.152 e. The lowest BCUT2D eigenvalue weighted by molar-refractivity contribution is 0.370. The van der Waals surface area contributed by atoms with Gasteiger partial charge in [-0.25, -0.2) is 0 Å². The Morgan fingerprint density at radius 3 is 2.67 bits per heavy atom. The average molecular weight is 157 g/mol. The first-order valence-electron chi connectivity index (χ1n) is 3.48. The third-order valence-electron chi connectivity index (χ3n) is 1.20. The second kappa shape index (κ2) is 4.82. The minimum Gasteiger partial charge on any atom is -0.481 e. The van der Waals surface area contributed by atoms with Crippen LogP contribution in [0.15, 0.2) is 30.3 Å². The summed E-state index contributed by atoms with van der Waals surface area (Å²) in [5.41, 5.74) is 0. The summed E-state index contributed by atoms with van der Waals surface area (Å²) >= 11 is 0. The van der Waals surface area contributed by atoms with Crippen molar-refractivity contribution in [1.82, 2.24) is 0 Å². The van der Waals surface area contributed by atoms with Crippen molar-refractivity contribution in [2.24, 2.45) is 0 Å². The van der Waals surface area contributed by atoms with Gasteiger partial charge in [0.05, 0.1) is 0 Å². The van der Waals surface area contributed by atoms with E-state index in [0.717, 1.165) is 5.75 Å². The zero-order valence-corrected chi connectivity index (χ0v) is 6.45. The molecule has 2 nitrogen and oxygen atoms in total. The molecule has 0 saturated carbocycles. The molecule has 1 aromatic rings. The maximum absolute atomic E-state index is 8.08. The molecular formula is C10H7NO. The van der Waals surface area contributed by atoms with E-state index in [2.05, 4.69) is 11.8 Å². The van der Waals surface area contributed by atoms with Crippen molar-refractivity contribution in [2.45, 2.75) is 0 Å². The van der Waals surface area contributed by atoms with Gasteiger partial charge in [-0.05, 0) is 18.1 Å². The van der Waals surface area contributed by atoms with Gasteiger partial charge in [0.1, 0.15) is 12.4 Å². The molecule has 0 unspecified atom stereocenters. The van der Waals surface area contributed by atoms with Crippen molar-refractivity contribution < 1.29 is 4.74 Å². The fourth-order valence-corrected chi connectivity index (χ4v) is 0.712. The predicted octanol–water partition coefficient (Wildman–Crippen LogP) is 1.59. The molecule has 58 valence electrons. The number of benzene rings is 1. The maximum atomic E-state index is 8.08. The molecule has 1 rings (SSSR count). The summed E-state index contributed by atoms with van der Waals surface area (Å²) < 4.78 is 5.18. The first-order valence-corrected chi connectivity index (χ1v) is 3.48. The molecular weight excluding hydrogens is 150 g/mol. The summed E-state index contributed by atoms with van der Waals surface area (Å²) in [6.07, 6.45) is 0. The number of hydrogen-bond acceptors (Lipinski definition) is 2. The molecule has 0 saturated heterocycles. The van der Waals surface area contributed by atoms with Gasteiger partial charge in [-0.3, -0.25) is 0 Å². The van der Waals surface area contributed by atoms with Crippen molar-refractivity contribution in [2.75, 3.05) is 6.61 Å². The third kappa shape index (κ3) is 2.77. The van der Waals surface area contributed by atoms with Gasteiger partial charge >= 0.3 is 0 Å². The molecule has 0 aromatic heterocycles. The van der Waals surface area contributed by atoms with Crippen LogP contribution >= 0.6 is 0 Å². The van der Waals surface area contributed by atoms with Crippen molar-refractivity contribution >= 4 is 0 Å². The summed E-state index contributed by atoms with van der Waals surface area (Å²) in [7, 11) is 0. The number of nitrogens with zero attached hydrogens (tertiary/aromatic N) is 1. The summed E-state index contributed by atoms with van der Waals surface area (Å²) in [5, 5.41) is 8.08. The van der Waals surface area contributed by atoms with Crippen LogP contribution in [-0.4, -0.2) is 6.61 Å². The molecule has 0 spiro atoms. The quantitative estimate of drug-likeness (QED) is 0.611. The number of hydrogen-bond donors (Lipinski definition) is 0. The van der Waals surface area contributed by atoms with Gasteiger partial charge in [0.25, 0.3) is 0 Å². The molecule has 0 radical (unpaired) electrons. The molecule has 0 atom stereocenters. The highest BCUT2D eigenvalue weighted by Crippen LogP contribution is 2.06. The summed E-state index contributed by atoms with van der Waals surface area (Å²) in [5.74, 6) is 5.57. The molecule has 0 N–H and O–H groups in total. The van der Waals surface area contributed by atoms with Crippen LogP contribution < -0.4 is 4.74 Å². The van der Waals surface area contributed by atoms with Crippen LogP contribution in [-0.2, 0) is 0 Å². The number of rotatable bonds is 2. The molecule has 0 bridgehead atoms. The SMILES string of the molecule is N#CC#CCOc1ccccc1. The molecule has 0 heterocycles. The summed E-state index contributed by atoms with van der Waals surface area (Å²) in [6, 6.07) is 11.1. The van der Waals surface area contributed by atoms with E-state index in [4.69, 9.17) is 10.00 Å². The molecule has 1 aromatic carbocycles. The Bertz CT molecular complexity index is 326. The minimum absolute atomic E-state index is 0.261. The Balaban J connectivity index is 2.40. The zero-order chi connectivity index (χ0) is 8.65. The fourth-order valence-electron chi connectivity index (χ4n) is 0.712. The molecule has 0 fully saturated rings. The number of nitriles is 1. The van der Waals surface area contributed by atoms with Gasteiger partial charge in [0.2, 0.25) is 0 Å². The summed E-state index contributed by atoms with van der Waals surface area (Å²) in [6.45, 7) is 0.261. The van der Waals surface area contributed by atoms with E-state index < -0.39 is 0 Å². The zero-order valence-electron chi connectivity index (χ0n) is 6.45. The molecule has 0 aliphatic carbocycles. The first-order chi connectivity index (χ1) is 5.93. The second-order valence-electron chi connectivity index (χ2n) is 2.02. The van der Waals surface area contributed by atoms with Crippen molar-refractivity contribution in [3.05, 3.63) is 30.3 Å². The summed E-state index contributed by atoms with van der Waals surface area (Å²) in [4.78, 5) is 0. The van der Waals surface area contributed by atoms with Gasteiger partial charge < -0.3 is 4.74 Å². The normalized spacial score (nSPS) is 7.58. The van der Waals surface area contributed by atoms with E-state index in [9.17, 15) is 0 Å². The Hall–Kier alpha value is -1.93. The van der Waals surface area contributed by atoms with Crippen molar-refractivity contribution in [3.8, 4) is 23.7 Å². The molecule has 2 heteroatoms. The van der Waals surface area contributed by atoms with Crippen LogP contribution in [0.4, 0.5) is 0 Å². The number of para-hydroxylation sites is 1.